The monoisotopic (exact) mass is 473 g/mol. The summed E-state index contributed by atoms with van der Waals surface area (Å²) in [5.41, 5.74) is 4.15. The molecule has 0 aromatic heterocycles. The van der Waals surface area contributed by atoms with Crippen LogP contribution in [-0.2, 0) is 10.3 Å². The Labute approximate surface area is 204 Å². The third-order valence-electron chi connectivity index (χ3n) is 7.98. The molecule has 0 radical (unpaired) electrons. The lowest BCUT2D eigenvalue weighted by atomic mass is 9.80. The summed E-state index contributed by atoms with van der Waals surface area (Å²) in [5, 5.41) is 11.6. The van der Waals surface area contributed by atoms with E-state index < -0.39 is 11.4 Å². The van der Waals surface area contributed by atoms with Gasteiger partial charge in [0.1, 0.15) is 18.2 Å². The van der Waals surface area contributed by atoms with E-state index >= 15 is 0 Å². The van der Waals surface area contributed by atoms with Crippen LogP contribution in [0.15, 0.2) is 66.7 Å². The molecule has 6 rings (SSSR count). The third-order valence-corrected chi connectivity index (χ3v) is 7.98. The van der Waals surface area contributed by atoms with Crippen LogP contribution in [0.25, 0.3) is 11.1 Å². The number of fused-ring (bicyclic) bond motifs is 5. The molecule has 2 saturated heterocycles. The summed E-state index contributed by atoms with van der Waals surface area (Å²) in [6.45, 7) is 0.277. The first-order valence-electron chi connectivity index (χ1n) is 12.2. The summed E-state index contributed by atoms with van der Waals surface area (Å²) in [4.78, 5) is 15.1. The molecule has 180 valence electrons. The third kappa shape index (κ3) is 3.59. The number of halogens is 1. The Balaban J connectivity index is 1.19. The standard InChI is InChI=1S/C29H28FNO4/c1-34-27-14-18(30)10-13-26(27)29(33)15-19-11-12-20(16-29)31(19)28(32)35-17-25-23-8-4-2-6-21(23)22-7-3-5-9-24(22)25/h2-10,13-14,19-20,25,33H,11-12,15-17H2,1H3. The highest BCUT2D eigenvalue weighted by atomic mass is 19.1. The summed E-state index contributed by atoms with van der Waals surface area (Å²) < 4.78 is 25.0. The fraction of sp³-hybridized carbons (Fsp3) is 0.345. The van der Waals surface area contributed by atoms with E-state index in [2.05, 4.69) is 24.3 Å². The normalized spacial score (nSPS) is 24.7. The summed E-state index contributed by atoms with van der Waals surface area (Å²) in [7, 11) is 1.47. The second kappa shape index (κ2) is 8.38. The second-order valence-corrected chi connectivity index (χ2v) is 9.88. The van der Waals surface area contributed by atoms with Gasteiger partial charge >= 0.3 is 6.09 Å². The first-order chi connectivity index (χ1) is 17.0. The van der Waals surface area contributed by atoms with Crippen LogP contribution < -0.4 is 4.74 Å². The number of nitrogens with zero attached hydrogens (tertiary/aromatic N) is 1. The highest BCUT2D eigenvalue weighted by Crippen LogP contribution is 2.49. The van der Waals surface area contributed by atoms with Crippen molar-refractivity contribution >= 4 is 6.09 Å². The minimum Gasteiger partial charge on any atom is -0.496 e. The number of amides is 1. The number of hydrogen-bond donors (Lipinski definition) is 1. The van der Waals surface area contributed by atoms with Crippen molar-refractivity contribution in [2.75, 3.05) is 13.7 Å². The highest BCUT2D eigenvalue weighted by Gasteiger charge is 2.51. The number of carbonyl (C=O) groups excluding carboxylic acids is 1. The summed E-state index contributed by atoms with van der Waals surface area (Å²) in [5.74, 6) is -0.0658. The Kier molecular flexibility index (Phi) is 5.29. The van der Waals surface area contributed by atoms with Crippen LogP contribution in [0.2, 0.25) is 0 Å². The van der Waals surface area contributed by atoms with Crippen molar-refractivity contribution in [3.05, 3.63) is 89.2 Å². The molecule has 6 heteroatoms. The maximum absolute atomic E-state index is 13.7. The van der Waals surface area contributed by atoms with Crippen molar-refractivity contribution in [1.29, 1.82) is 0 Å². The maximum atomic E-state index is 13.7. The van der Waals surface area contributed by atoms with E-state index in [-0.39, 0.29) is 30.7 Å². The minimum absolute atomic E-state index is 0.00852. The van der Waals surface area contributed by atoms with Crippen molar-refractivity contribution in [2.24, 2.45) is 0 Å². The number of ether oxygens (including phenoxy) is 2. The molecule has 2 bridgehead atoms. The topological polar surface area (TPSA) is 59.0 Å². The average Bonchev–Trinajstić information content (AvgIpc) is 3.34. The number of methoxy groups -OCH3 is 1. The molecule has 0 saturated carbocycles. The molecule has 1 N–H and O–H groups in total. The molecule has 2 atom stereocenters. The Bertz CT molecular complexity index is 1230. The summed E-state index contributed by atoms with van der Waals surface area (Å²) in [6, 6.07) is 20.5. The number of benzene rings is 3. The van der Waals surface area contributed by atoms with Gasteiger partial charge in [0.2, 0.25) is 0 Å². The zero-order valence-corrected chi connectivity index (χ0v) is 19.6. The molecular weight excluding hydrogens is 445 g/mol. The molecule has 2 unspecified atom stereocenters. The lowest BCUT2D eigenvalue weighted by Gasteiger charge is -2.43. The van der Waals surface area contributed by atoms with Gasteiger partial charge in [-0.3, -0.25) is 0 Å². The van der Waals surface area contributed by atoms with Crippen molar-refractivity contribution in [1.82, 2.24) is 4.90 Å². The molecule has 2 aliphatic heterocycles. The van der Waals surface area contributed by atoms with Gasteiger partial charge in [0.25, 0.3) is 0 Å². The zero-order chi connectivity index (χ0) is 24.2. The zero-order valence-electron chi connectivity index (χ0n) is 19.6. The van der Waals surface area contributed by atoms with E-state index in [4.69, 9.17) is 9.47 Å². The molecule has 3 aromatic rings. The SMILES string of the molecule is COc1cc(F)ccc1C1(O)CC2CCC(C1)N2C(=O)OCC1c2ccccc2-c2ccccc21. The smallest absolute Gasteiger partial charge is 0.410 e. The quantitative estimate of drug-likeness (QED) is 0.536. The van der Waals surface area contributed by atoms with Crippen LogP contribution in [0, 0.1) is 5.82 Å². The van der Waals surface area contributed by atoms with Crippen LogP contribution in [-0.4, -0.2) is 41.9 Å². The second-order valence-electron chi connectivity index (χ2n) is 9.88. The molecule has 3 aliphatic rings. The van der Waals surface area contributed by atoms with E-state index in [0.29, 0.717) is 24.2 Å². The number of piperidine rings is 1. The van der Waals surface area contributed by atoms with Gasteiger partial charge in [0, 0.05) is 42.5 Å². The average molecular weight is 474 g/mol. The van der Waals surface area contributed by atoms with Crippen molar-refractivity contribution in [3.8, 4) is 16.9 Å². The molecule has 35 heavy (non-hydrogen) atoms. The summed E-state index contributed by atoms with van der Waals surface area (Å²) in [6.07, 6.45) is 2.03. The number of hydrogen-bond acceptors (Lipinski definition) is 4. The van der Waals surface area contributed by atoms with Gasteiger partial charge in [-0.05, 0) is 47.2 Å². The molecular formula is C29H28FNO4. The first-order valence-corrected chi connectivity index (χ1v) is 12.2. The van der Waals surface area contributed by atoms with Crippen LogP contribution >= 0.6 is 0 Å². The van der Waals surface area contributed by atoms with Gasteiger partial charge in [-0.1, -0.05) is 48.5 Å². The van der Waals surface area contributed by atoms with Gasteiger partial charge in [-0.15, -0.1) is 0 Å². The van der Waals surface area contributed by atoms with Crippen molar-refractivity contribution in [3.63, 3.8) is 0 Å². The molecule has 5 nitrogen and oxygen atoms in total. The van der Waals surface area contributed by atoms with Crippen LogP contribution in [0.5, 0.6) is 5.75 Å². The van der Waals surface area contributed by atoms with E-state index in [9.17, 15) is 14.3 Å². The predicted molar refractivity (Wildman–Crippen MR) is 130 cm³/mol. The lowest BCUT2D eigenvalue weighted by Crippen LogP contribution is -2.52. The largest absolute Gasteiger partial charge is 0.496 e. The van der Waals surface area contributed by atoms with Gasteiger partial charge in [0.15, 0.2) is 0 Å². The van der Waals surface area contributed by atoms with E-state index in [0.717, 1.165) is 12.8 Å². The van der Waals surface area contributed by atoms with Gasteiger partial charge in [-0.25, -0.2) is 9.18 Å². The first kappa shape index (κ1) is 22.1. The summed E-state index contributed by atoms with van der Waals surface area (Å²) >= 11 is 0. The molecule has 1 aliphatic carbocycles. The molecule has 3 aromatic carbocycles. The van der Waals surface area contributed by atoms with Crippen LogP contribution in [0.1, 0.15) is 48.3 Å². The van der Waals surface area contributed by atoms with Crippen molar-refractivity contribution in [2.45, 2.75) is 49.3 Å². The van der Waals surface area contributed by atoms with E-state index in [1.165, 1.54) is 41.5 Å². The van der Waals surface area contributed by atoms with Crippen LogP contribution in [0.4, 0.5) is 9.18 Å². The highest BCUT2D eigenvalue weighted by molar-refractivity contribution is 5.79. The van der Waals surface area contributed by atoms with E-state index in [1.807, 2.05) is 29.2 Å². The molecule has 0 spiro atoms. The number of rotatable bonds is 4. The minimum atomic E-state index is -1.18. The van der Waals surface area contributed by atoms with Gasteiger partial charge in [-0.2, -0.15) is 0 Å². The Morgan fingerprint density at radius 1 is 1.00 bits per heavy atom. The fourth-order valence-electron chi connectivity index (χ4n) is 6.46. The van der Waals surface area contributed by atoms with Crippen LogP contribution in [0.3, 0.4) is 0 Å². The fourth-order valence-corrected chi connectivity index (χ4v) is 6.46. The van der Waals surface area contributed by atoms with Crippen molar-refractivity contribution < 1.29 is 23.8 Å². The molecule has 1 amide bonds. The van der Waals surface area contributed by atoms with Gasteiger partial charge < -0.3 is 19.5 Å². The lowest BCUT2D eigenvalue weighted by molar-refractivity contribution is -0.0542. The van der Waals surface area contributed by atoms with E-state index in [1.54, 1.807) is 6.07 Å². The number of carbonyl (C=O) groups is 1. The predicted octanol–water partition coefficient (Wildman–Crippen LogP) is 5.60. The maximum Gasteiger partial charge on any atom is 0.410 e. The Hall–Kier alpha value is -3.38. The molecule has 2 heterocycles. The van der Waals surface area contributed by atoms with Gasteiger partial charge in [0.05, 0.1) is 12.7 Å². The molecule has 2 fully saturated rings. The Morgan fingerprint density at radius 2 is 1.60 bits per heavy atom. The Morgan fingerprint density at radius 3 is 2.20 bits per heavy atom. The number of aliphatic hydroxyl groups is 1.